The van der Waals surface area contributed by atoms with Crippen LogP contribution in [0.4, 0.5) is 30.4 Å². The zero-order valence-electron chi connectivity index (χ0n) is 20.3. The van der Waals surface area contributed by atoms with E-state index in [4.69, 9.17) is 0 Å². The SMILES string of the molecule is O=c1c(NC2CC2)c(N2CCN(CCNc3ncc(-c4ccsc4)c4nc(C(F)(F)F)ccc34)CC2)c1=O. The number of halogens is 3. The van der Waals surface area contributed by atoms with E-state index in [1.165, 1.54) is 17.4 Å². The van der Waals surface area contributed by atoms with Crippen molar-refractivity contribution in [2.75, 3.05) is 54.8 Å². The van der Waals surface area contributed by atoms with Gasteiger partial charge in [0, 0.05) is 62.5 Å². The van der Waals surface area contributed by atoms with Gasteiger partial charge in [-0.3, -0.25) is 14.5 Å². The predicted octanol–water partition coefficient (Wildman–Crippen LogP) is 3.78. The van der Waals surface area contributed by atoms with E-state index in [-0.39, 0.29) is 5.52 Å². The summed E-state index contributed by atoms with van der Waals surface area (Å²) in [6.07, 6.45) is -0.920. The predicted molar refractivity (Wildman–Crippen MR) is 143 cm³/mol. The monoisotopic (exact) mass is 542 g/mol. The molecule has 1 aliphatic carbocycles. The van der Waals surface area contributed by atoms with Crippen LogP contribution in [0.5, 0.6) is 0 Å². The number of nitrogens with one attached hydrogen (secondary N) is 2. The van der Waals surface area contributed by atoms with Crippen molar-refractivity contribution in [3.63, 3.8) is 0 Å². The van der Waals surface area contributed by atoms with Crippen molar-refractivity contribution in [1.82, 2.24) is 14.9 Å². The summed E-state index contributed by atoms with van der Waals surface area (Å²) in [7, 11) is 0. The molecule has 0 amide bonds. The largest absolute Gasteiger partial charge is 0.433 e. The van der Waals surface area contributed by atoms with E-state index in [1.54, 1.807) is 6.20 Å². The lowest BCUT2D eigenvalue weighted by Crippen LogP contribution is -2.52. The third-order valence-electron chi connectivity index (χ3n) is 7.07. The van der Waals surface area contributed by atoms with Gasteiger partial charge in [0.2, 0.25) is 0 Å². The zero-order valence-corrected chi connectivity index (χ0v) is 21.2. The van der Waals surface area contributed by atoms with E-state index in [0.29, 0.717) is 60.4 Å². The van der Waals surface area contributed by atoms with Crippen molar-refractivity contribution in [2.24, 2.45) is 0 Å². The normalized spacial score (nSPS) is 16.9. The Morgan fingerprint density at radius 1 is 1.05 bits per heavy atom. The number of alkyl halides is 3. The lowest BCUT2D eigenvalue weighted by atomic mass is 10.1. The summed E-state index contributed by atoms with van der Waals surface area (Å²) in [4.78, 5) is 36.9. The second-order valence-electron chi connectivity index (χ2n) is 9.68. The third-order valence-corrected chi connectivity index (χ3v) is 7.75. The van der Waals surface area contributed by atoms with Crippen molar-refractivity contribution < 1.29 is 13.2 Å². The molecule has 38 heavy (non-hydrogen) atoms. The first-order chi connectivity index (χ1) is 18.3. The van der Waals surface area contributed by atoms with E-state index in [9.17, 15) is 22.8 Å². The van der Waals surface area contributed by atoms with Crippen LogP contribution in [0.1, 0.15) is 18.5 Å². The molecule has 0 unspecified atom stereocenters. The first-order valence-electron chi connectivity index (χ1n) is 12.5. The van der Waals surface area contributed by atoms with Gasteiger partial charge in [0.25, 0.3) is 10.9 Å². The van der Waals surface area contributed by atoms with E-state index in [1.807, 2.05) is 21.7 Å². The molecule has 2 aliphatic rings. The Labute approximate surface area is 219 Å². The number of nitrogens with zero attached hydrogens (tertiary/aromatic N) is 4. The van der Waals surface area contributed by atoms with Gasteiger partial charge in [0.05, 0.1) is 5.52 Å². The Morgan fingerprint density at radius 3 is 2.53 bits per heavy atom. The fourth-order valence-corrected chi connectivity index (χ4v) is 5.47. The average Bonchev–Trinajstić information content (AvgIpc) is 3.58. The van der Waals surface area contributed by atoms with E-state index in [2.05, 4.69) is 25.5 Å². The highest BCUT2D eigenvalue weighted by molar-refractivity contribution is 7.08. The topological polar surface area (TPSA) is 90.5 Å². The number of hydrogen-bond donors (Lipinski definition) is 2. The summed E-state index contributed by atoms with van der Waals surface area (Å²) in [5.74, 6) is 0.485. The molecular weight excluding hydrogens is 517 g/mol. The van der Waals surface area contributed by atoms with Crippen molar-refractivity contribution >= 4 is 39.4 Å². The Morgan fingerprint density at radius 2 is 1.84 bits per heavy atom. The fourth-order valence-electron chi connectivity index (χ4n) is 4.82. The highest BCUT2D eigenvalue weighted by Crippen LogP contribution is 2.35. The summed E-state index contributed by atoms with van der Waals surface area (Å²) in [5, 5.41) is 10.7. The van der Waals surface area contributed by atoms with Gasteiger partial charge < -0.3 is 15.5 Å². The number of anilines is 3. The zero-order chi connectivity index (χ0) is 26.4. The van der Waals surface area contributed by atoms with Crippen molar-refractivity contribution in [3.05, 3.63) is 61.3 Å². The number of piperazine rings is 1. The maximum absolute atomic E-state index is 13.4. The van der Waals surface area contributed by atoms with Gasteiger partial charge in [-0.25, -0.2) is 9.97 Å². The van der Waals surface area contributed by atoms with Gasteiger partial charge >= 0.3 is 6.18 Å². The molecule has 4 heterocycles. The molecule has 1 aromatic carbocycles. The van der Waals surface area contributed by atoms with Crippen LogP contribution in [-0.2, 0) is 6.18 Å². The number of aromatic nitrogens is 2. The molecule has 6 rings (SSSR count). The highest BCUT2D eigenvalue weighted by Gasteiger charge is 2.34. The third kappa shape index (κ3) is 4.73. The Bertz CT molecular complexity index is 1540. The molecule has 0 spiro atoms. The van der Waals surface area contributed by atoms with Gasteiger partial charge in [-0.05, 0) is 47.4 Å². The molecule has 1 aliphatic heterocycles. The number of thiophene rings is 1. The summed E-state index contributed by atoms with van der Waals surface area (Å²) in [5.41, 5.74) is 0.825. The van der Waals surface area contributed by atoms with E-state index in [0.717, 1.165) is 37.6 Å². The number of fused-ring (bicyclic) bond motifs is 1. The van der Waals surface area contributed by atoms with Crippen molar-refractivity contribution in [3.8, 4) is 11.1 Å². The van der Waals surface area contributed by atoms with Crippen LogP contribution in [-0.4, -0.2) is 60.2 Å². The Hall–Kier alpha value is -3.51. The molecular formula is C26H25F3N6O2S. The molecule has 8 nitrogen and oxygen atoms in total. The van der Waals surface area contributed by atoms with Crippen LogP contribution >= 0.6 is 11.3 Å². The molecule has 198 valence electrons. The number of hydrogen-bond acceptors (Lipinski definition) is 9. The van der Waals surface area contributed by atoms with Gasteiger partial charge in [0.1, 0.15) is 22.9 Å². The molecule has 2 fully saturated rings. The standard InChI is InChI=1S/C26H25F3N6O2S/c27-26(28,29)19-4-3-17-20(33-19)18(15-5-12-38-14-15)13-31-25(17)30-6-7-34-8-10-35(11-9-34)22-21(23(36)24(22)37)32-16-1-2-16/h3-5,12-14,16,32H,1-2,6-11H2,(H,30,31). The maximum Gasteiger partial charge on any atom is 0.433 e. The molecule has 1 saturated heterocycles. The van der Waals surface area contributed by atoms with Crippen LogP contribution < -0.4 is 26.4 Å². The van der Waals surface area contributed by atoms with Crippen molar-refractivity contribution in [1.29, 1.82) is 0 Å². The maximum atomic E-state index is 13.4. The molecule has 0 bridgehead atoms. The minimum atomic E-state index is -4.54. The molecule has 12 heteroatoms. The minimum Gasteiger partial charge on any atom is -0.377 e. The molecule has 2 N–H and O–H groups in total. The van der Waals surface area contributed by atoms with E-state index >= 15 is 0 Å². The smallest absolute Gasteiger partial charge is 0.377 e. The molecule has 3 aromatic heterocycles. The number of pyridine rings is 2. The quantitative estimate of drug-likeness (QED) is 0.325. The highest BCUT2D eigenvalue weighted by atomic mass is 32.1. The summed E-state index contributed by atoms with van der Waals surface area (Å²) in [6, 6.07) is 4.56. The fraction of sp³-hybridized carbons (Fsp3) is 0.385. The van der Waals surface area contributed by atoms with Gasteiger partial charge in [-0.1, -0.05) is 0 Å². The van der Waals surface area contributed by atoms with Crippen LogP contribution in [0.2, 0.25) is 0 Å². The first-order valence-corrected chi connectivity index (χ1v) is 13.4. The summed E-state index contributed by atoms with van der Waals surface area (Å²) < 4.78 is 40.1. The summed E-state index contributed by atoms with van der Waals surface area (Å²) in [6.45, 7) is 3.97. The molecule has 4 aromatic rings. The lowest BCUT2D eigenvalue weighted by Gasteiger charge is -2.37. The second-order valence-corrected chi connectivity index (χ2v) is 10.5. The van der Waals surface area contributed by atoms with Crippen LogP contribution in [0.25, 0.3) is 22.0 Å². The second kappa shape index (κ2) is 9.66. The van der Waals surface area contributed by atoms with Crippen LogP contribution in [0.15, 0.2) is 44.7 Å². The Kier molecular flexibility index (Phi) is 6.31. The van der Waals surface area contributed by atoms with Gasteiger partial charge in [-0.15, -0.1) is 0 Å². The van der Waals surface area contributed by atoms with Crippen LogP contribution in [0, 0.1) is 0 Å². The van der Waals surface area contributed by atoms with Gasteiger partial charge in [-0.2, -0.15) is 24.5 Å². The molecule has 0 atom stereocenters. The van der Waals surface area contributed by atoms with E-state index < -0.39 is 22.7 Å². The summed E-state index contributed by atoms with van der Waals surface area (Å²) >= 11 is 1.46. The van der Waals surface area contributed by atoms with Crippen LogP contribution in [0.3, 0.4) is 0 Å². The Balaban J connectivity index is 1.11. The van der Waals surface area contributed by atoms with Crippen molar-refractivity contribution in [2.45, 2.75) is 25.1 Å². The first kappa shape index (κ1) is 24.8. The lowest BCUT2D eigenvalue weighted by molar-refractivity contribution is -0.140. The molecule has 0 radical (unpaired) electrons. The minimum absolute atomic E-state index is 0.257. The average molecular weight is 543 g/mol. The molecule has 1 saturated carbocycles. The van der Waals surface area contributed by atoms with Gasteiger partial charge in [0.15, 0.2) is 0 Å². The number of rotatable bonds is 8.